The Hall–Kier alpha value is -0.290. The number of thioether (sulfide) groups is 1. The quantitative estimate of drug-likeness (QED) is 0.714. The molecule has 0 saturated carbocycles. The van der Waals surface area contributed by atoms with Gasteiger partial charge in [0.25, 0.3) is 0 Å². The SMILES string of the molecule is CNC(CCc1cccs1)CSc1cccc(Br)c1. The van der Waals surface area contributed by atoms with Gasteiger partial charge in [-0.15, -0.1) is 23.1 Å². The van der Waals surface area contributed by atoms with Crippen LogP contribution in [0.5, 0.6) is 0 Å². The summed E-state index contributed by atoms with van der Waals surface area (Å²) in [6, 6.07) is 13.4. The van der Waals surface area contributed by atoms with Crippen LogP contribution in [0.1, 0.15) is 11.3 Å². The second kappa shape index (κ2) is 8.10. The highest BCUT2D eigenvalue weighted by atomic mass is 79.9. The first-order valence-corrected chi connectivity index (χ1v) is 9.02. The molecule has 0 aliphatic heterocycles. The molecule has 0 aliphatic rings. The van der Waals surface area contributed by atoms with Crippen LogP contribution in [0.4, 0.5) is 0 Å². The van der Waals surface area contributed by atoms with Gasteiger partial charge in [-0.2, -0.15) is 0 Å². The van der Waals surface area contributed by atoms with Gasteiger partial charge in [-0.05, 0) is 49.5 Å². The standard InChI is InChI=1S/C15H18BrNS2/c1-17-13(7-8-14-6-3-9-18-14)11-19-15-5-2-4-12(16)10-15/h2-6,9-10,13,17H,7-8,11H2,1H3. The predicted octanol–water partition coefficient (Wildman–Crippen LogP) is 4.82. The minimum Gasteiger partial charge on any atom is -0.316 e. The van der Waals surface area contributed by atoms with Crippen LogP contribution >= 0.6 is 39.0 Å². The van der Waals surface area contributed by atoms with E-state index in [9.17, 15) is 0 Å². The van der Waals surface area contributed by atoms with Crippen LogP contribution in [-0.2, 0) is 6.42 Å². The van der Waals surface area contributed by atoms with E-state index >= 15 is 0 Å². The molecule has 19 heavy (non-hydrogen) atoms. The van der Waals surface area contributed by atoms with E-state index < -0.39 is 0 Å². The Morgan fingerprint density at radius 2 is 2.21 bits per heavy atom. The molecule has 1 unspecified atom stereocenters. The van der Waals surface area contributed by atoms with Crippen molar-refractivity contribution in [3.05, 3.63) is 51.1 Å². The van der Waals surface area contributed by atoms with Crippen LogP contribution in [0.3, 0.4) is 0 Å². The van der Waals surface area contributed by atoms with Crippen LogP contribution in [0.15, 0.2) is 51.1 Å². The number of halogens is 1. The second-order valence-electron chi connectivity index (χ2n) is 4.37. The summed E-state index contributed by atoms with van der Waals surface area (Å²) >= 11 is 7.28. The van der Waals surface area contributed by atoms with Gasteiger partial charge in [0.2, 0.25) is 0 Å². The van der Waals surface area contributed by atoms with E-state index in [0.29, 0.717) is 6.04 Å². The van der Waals surface area contributed by atoms with Gasteiger partial charge in [0.05, 0.1) is 0 Å². The van der Waals surface area contributed by atoms with E-state index in [-0.39, 0.29) is 0 Å². The number of aryl methyl sites for hydroxylation is 1. The fourth-order valence-corrected chi connectivity index (χ4v) is 4.22. The van der Waals surface area contributed by atoms with Crippen molar-refractivity contribution in [2.45, 2.75) is 23.8 Å². The lowest BCUT2D eigenvalue weighted by Gasteiger charge is -2.15. The number of hydrogen-bond acceptors (Lipinski definition) is 3. The third-order valence-electron chi connectivity index (χ3n) is 2.97. The minimum atomic E-state index is 0.561. The molecule has 0 spiro atoms. The molecule has 1 nitrogen and oxygen atoms in total. The molecule has 4 heteroatoms. The zero-order valence-electron chi connectivity index (χ0n) is 10.9. The molecule has 1 aromatic carbocycles. The van der Waals surface area contributed by atoms with Crippen molar-refractivity contribution in [2.24, 2.45) is 0 Å². The molecule has 0 amide bonds. The maximum absolute atomic E-state index is 3.52. The fourth-order valence-electron chi connectivity index (χ4n) is 1.84. The Labute approximate surface area is 131 Å². The van der Waals surface area contributed by atoms with Crippen LogP contribution in [0.2, 0.25) is 0 Å². The van der Waals surface area contributed by atoms with Crippen LogP contribution in [0.25, 0.3) is 0 Å². The molecule has 2 rings (SSSR count). The van der Waals surface area contributed by atoms with Gasteiger partial charge in [-0.1, -0.05) is 28.1 Å². The molecule has 2 aromatic rings. The first-order chi connectivity index (χ1) is 9.28. The lowest BCUT2D eigenvalue weighted by molar-refractivity contribution is 0.575. The zero-order chi connectivity index (χ0) is 13.5. The van der Waals surface area contributed by atoms with E-state index in [0.717, 1.165) is 10.2 Å². The highest BCUT2D eigenvalue weighted by molar-refractivity contribution is 9.10. The number of thiophene rings is 1. The third kappa shape index (κ3) is 5.30. The molecule has 102 valence electrons. The lowest BCUT2D eigenvalue weighted by Crippen LogP contribution is -2.28. The molecule has 1 aromatic heterocycles. The number of hydrogen-bond donors (Lipinski definition) is 1. The molecule has 0 bridgehead atoms. The van der Waals surface area contributed by atoms with Crippen molar-refractivity contribution >= 4 is 39.0 Å². The zero-order valence-corrected chi connectivity index (χ0v) is 14.2. The summed E-state index contributed by atoms with van der Waals surface area (Å²) in [5.74, 6) is 1.11. The first-order valence-electron chi connectivity index (χ1n) is 6.36. The summed E-state index contributed by atoms with van der Waals surface area (Å²) in [6.07, 6.45) is 2.36. The summed E-state index contributed by atoms with van der Waals surface area (Å²) in [7, 11) is 2.06. The fraction of sp³-hybridized carbons (Fsp3) is 0.333. The van der Waals surface area contributed by atoms with Gasteiger partial charge in [0.1, 0.15) is 0 Å². The molecule has 0 saturated heterocycles. The molecule has 1 atom stereocenters. The minimum absolute atomic E-state index is 0.561. The Balaban J connectivity index is 1.79. The number of nitrogens with one attached hydrogen (secondary N) is 1. The molecule has 0 radical (unpaired) electrons. The molecule has 0 fully saturated rings. The number of benzene rings is 1. The van der Waals surface area contributed by atoms with Crippen molar-refractivity contribution in [1.29, 1.82) is 0 Å². The van der Waals surface area contributed by atoms with E-state index in [2.05, 4.69) is 70.1 Å². The highest BCUT2D eigenvalue weighted by Crippen LogP contribution is 2.23. The van der Waals surface area contributed by atoms with Gasteiger partial charge in [-0.25, -0.2) is 0 Å². The highest BCUT2D eigenvalue weighted by Gasteiger charge is 2.08. The van der Waals surface area contributed by atoms with Crippen LogP contribution in [0, 0.1) is 0 Å². The van der Waals surface area contributed by atoms with Gasteiger partial charge in [0, 0.05) is 26.0 Å². The number of rotatable bonds is 7. The van der Waals surface area contributed by atoms with E-state index in [1.807, 2.05) is 23.1 Å². The van der Waals surface area contributed by atoms with Crippen molar-refractivity contribution in [2.75, 3.05) is 12.8 Å². The third-order valence-corrected chi connectivity index (χ3v) is 5.56. The maximum atomic E-state index is 3.52. The Kier molecular flexibility index (Phi) is 6.44. The lowest BCUT2D eigenvalue weighted by atomic mass is 10.1. The van der Waals surface area contributed by atoms with Crippen molar-refractivity contribution in [3.8, 4) is 0 Å². The molecule has 1 N–H and O–H groups in total. The van der Waals surface area contributed by atoms with Crippen LogP contribution in [-0.4, -0.2) is 18.8 Å². The summed E-state index contributed by atoms with van der Waals surface area (Å²) < 4.78 is 1.15. The van der Waals surface area contributed by atoms with E-state index in [1.54, 1.807) is 0 Å². The van der Waals surface area contributed by atoms with Crippen molar-refractivity contribution in [3.63, 3.8) is 0 Å². The Morgan fingerprint density at radius 3 is 2.89 bits per heavy atom. The van der Waals surface area contributed by atoms with Crippen molar-refractivity contribution in [1.82, 2.24) is 5.32 Å². The summed E-state index contributed by atoms with van der Waals surface area (Å²) in [4.78, 5) is 2.80. The average Bonchev–Trinajstić information content (AvgIpc) is 2.92. The summed E-state index contributed by atoms with van der Waals surface area (Å²) in [5.41, 5.74) is 0. The van der Waals surface area contributed by atoms with Gasteiger partial charge < -0.3 is 5.32 Å². The molecular formula is C15H18BrNS2. The predicted molar refractivity (Wildman–Crippen MR) is 90.4 cm³/mol. The monoisotopic (exact) mass is 355 g/mol. The van der Waals surface area contributed by atoms with Gasteiger partial charge in [-0.3, -0.25) is 0 Å². The molecule has 1 heterocycles. The van der Waals surface area contributed by atoms with E-state index in [4.69, 9.17) is 0 Å². The smallest absolute Gasteiger partial charge is 0.0186 e. The average molecular weight is 356 g/mol. The summed E-state index contributed by atoms with van der Waals surface area (Å²) in [6.45, 7) is 0. The first kappa shape index (κ1) is 15.1. The molecule has 0 aliphatic carbocycles. The Morgan fingerprint density at radius 1 is 1.32 bits per heavy atom. The molecular weight excluding hydrogens is 338 g/mol. The Bertz CT molecular complexity index is 485. The normalized spacial score (nSPS) is 12.5. The van der Waals surface area contributed by atoms with Crippen LogP contribution < -0.4 is 5.32 Å². The van der Waals surface area contributed by atoms with Gasteiger partial charge in [0.15, 0.2) is 0 Å². The summed E-state index contributed by atoms with van der Waals surface area (Å²) in [5, 5.41) is 5.57. The van der Waals surface area contributed by atoms with Crippen molar-refractivity contribution < 1.29 is 0 Å². The topological polar surface area (TPSA) is 12.0 Å². The van der Waals surface area contributed by atoms with Gasteiger partial charge >= 0.3 is 0 Å². The largest absolute Gasteiger partial charge is 0.316 e. The maximum Gasteiger partial charge on any atom is 0.0186 e. The van der Waals surface area contributed by atoms with E-state index in [1.165, 1.54) is 22.6 Å². The second-order valence-corrected chi connectivity index (χ2v) is 7.41.